The summed E-state index contributed by atoms with van der Waals surface area (Å²) in [5, 5.41) is 14.2. The Labute approximate surface area is 148 Å². The summed E-state index contributed by atoms with van der Waals surface area (Å²) in [6.07, 6.45) is 2.45. The van der Waals surface area contributed by atoms with Gasteiger partial charge in [-0.2, -0.15) is 0 Å². The Morgan fingerprint density at radius 1 is 0.923 bits per heavy atom. The Morgan fingerprint density at radius 3 is 2.46 bits per heavy atom. The number of furan rings is 1. The van der Waals surface area contributed by atoms with E-state index in [-0.39, 0.29) is 5.91 Å². The largest absolute Gasteiger partial charge is 0.481 e. The van der Waals surface area contributed by atoms with Crippen LogP contribution < -0.4 is 5.32 Å². The summed E-state index contributed by atoms with van der Waals surface area (Å²) >= 11 is 0. The van der Waals surface area contributed by atoms with E-state index in [1.165, 1.54) is 0 Å². The number of amides is 1. The fourth-order valence-electron chi connectivity index (χ4n) is 3.94. The van der Waals surface area contributed by atoms with Crippen molar-refractivity contribution < 1.29 is 23.8 Å². The van der Waals surface area contributed by atoms with Gasteiger partial charge in [0.2, 0.25) is 5.91 Å². The van der Waals surface area contributed by atoms with Gasteiger partial charge in [0.1, 0.15) is 17.1 Å². The second-order valence-corrected chi connectivity index (χ2v) is 6.64. The first-order valence-electron chi connectivity index (χ1n) is 8.40. The fourth-order valence-corrected chi connectivity index (χ4v) is 3.94. The molecule has 0 aliphatic carbocycles. The molecule has 2 aliphatic heterocycles. The molecule has 5 rings (SSSR count). The number of para-hydroxylation sites is 1. The first-order chi connectivity index (χ1) is 12.6. The van der Waals surface area contributed by atoms with Gasteiger partial charge in [0.25, 0.3) is 0 Å². The topological polar surface area (TPSA) is 88.8 Å². The third-order valence-electron chi connectivity index (χ3n) is 5.13. The van der Waals surface area contributed by atoms with Gasteiger partial charge in [-0.05, 0) is 18.2 Å². The lowest BCUT2D eigenvalue weighted by Crippen LogP contribution is -2.39. The Hall–Kier alpha value is -3.12. The maximum Gasteiger partial charge on any atom is 0.310 e. The monoisotopic (exact) mass is 349 g/mol. The molecule has 1 saturated heterocycles. The number of anilines is 1. The summed E-state index contributed by atoms with van der Waals surface area (Å²) in [5.74, 6) is -2.98. The Kier molecular flexibility index (Phi) is 3.17. The molecule has 1 fully saturated rings. The fraction of sp³-hybridized carbons (Fsp3) is 0.200. The molecule has 4 atom stereocenters. The van der Waals surface area contributed by atoms with Crippen LogP contribution >= 0.6 is 0 Å². The number of hydrogen-bond acceptors (Lipinski definition) is 4. The van der Waals surface area contributed by atoms with Gasteiger partial charge in [-0.25, -0.2) is 0 Å². The van der Waals surface area contributed by atoms with E-state index in [0.717, 1.165) is 16.4 Å². The molecule has 6 heteroatoms. The molecule has 0 unspecified atom stereocenters. The summed E-state index contributed by atoms with van der Waals surface area (Å²) in [6, 6.07) is 13.2. The molecule has 130 valence electrons. The molecule has 1 amide bonds. The number of carboxylic acids is 1. The molecule has 0 spiro atoms. The number of hydrogen-bond donors (Lipinski definition) is 2. The lowest BCUT2D eigenvalue weighted by Gasteiger charge is -2.20. The standard InChI is InChI=1S/C20H15NO5/c22-19(17-14-7-8-15(26-14)18(17)20(23)24)21-10-5-6-12-11-3-1-2-4-13(11)25-16(12)9-10/h1-9,14-15,17-18H,(H,21,22)(H,23,24)/t14-,15-,17-,18-/m1/s1. The second-order valence-electron chi connectivity index (χ2n) is 6.64. The number of ether oxygens (including phenoxy) is 1. The molecule has 2 bridgehead atoms. The van der Waals surface area contributed by atoms with Gasteiger partial charge in [0, 0.05) is 22.5 Å². The average Bonchev–Trinajstić information content (AvgIpc) is 3.33. The quantitative estimate of drug-likeness (QED) is 0.709. The van der Waals surface area contributed by atoms with E-state index in [0.29, 0.717) is 11.3 Å². The number of aliphatic carboxylic acids is 1. The van der Waals surface area contributed by atoms with Crippen molar-refractivity contribution in [2.45, 2.75) is 12.2 Å². The van der Waals surface area contributed by atoms with Crippen molar-refractivity contribution in [3.63, 3.8) is 0 Å². The first kappa shape index (κ1) is 15.2. The van der Waals surface area contributed by atoms with Gasteiger partial charge in [-0.3, -0.25) is 9.59 Å². The first-order valence-corrected chi connectivity index (χ1v) is 8.40. The van der Waals surface area contributed by atoms with Crippen LogP contribution in [0.15, 0.2) is 59.0 Å². The number of carbonyl (C=O) groups is 2. The molecule has 26 heavy (non-hydrogen) atoms. The Bertz CT molecular complexity index is 1080. The van der Waals surface area contributed by atoms with E-state index in [4.69, 9.17) is 9.15 Å². The zero-order valence-electron chi connectivity index (χ0n) is 13.6. The Balaban J connectivity index is 1.45. The SMILES string of the molecule is O=C(O)[C@H]1[C@H](C(=O)Nc2ccc3c(c2)oc2ccccc23)[C@H]2C=C[C@H]1O2. The highest BCUT2D eigenvalue weighted by Gasteiger charge is 2.53. The van der Waals surface area contributed by atoms with Crippen molar-refractivity contribution in [1.82, 2.24) is 0 Å². The third-order valence-corrected chi connectivity index (χ3v) is 5.13. The number of rotatable bonds is 3. The van der Waals surface area contributed by atoms with E-state index >= 15 is 0 Å². The maximum atomic E-state index is 12.7. The summed E-state index contributed by atoms with van der Waals surface area (Å²) in [7, 11) is 0. The van der Waals surface area contributed by atoms with Gasteiger partial charge in [0.05, 0.1) is 18.1 Å². The maximum absolute atomic E-state index is 12.7. The van der Waals surface area contributed by atoms with Crippen LogP contribution in [0.4, 0.5) is 5.69 Å². The number of nitrogens with one attached hydrogen (secondary N) is 1. The number of carboxylic acid groups (broad SMARTS) is 1. The van der Waals surface area contributed by atoms with Crippen molar-refractivity contribution >= 4 is 39.5 Å². The zero-order chi connectivity index (χ0) is 17.8. The highest BCUT2D eigenvalue weighted by Crippen LogP contribution is 2.40. The van der Waals surface area contributed by atoms with E-state index in [1.807, 2.05) is 30.3 Å². The molecule has 0 saturated carbocycles. The van der Waals surface area contributed by atoms with Gasteiger partial charge in [-0.1, -0.05) is 30.4 Å². The van der Waals surface area contributed by atoms with Crippen molar-refractivity contribution in [3.05, 3.63) is 54.6 Å². The molecule has 3 heterocycles. The second kappa shape index (κ2) is 5.44. The molecular formula is C20H15NO5. The van der Waals surface area contributed by atoms with E-state index < -0.39 is 30.0 Å². The van der Waals surface area contributed by atoms with Crippen molar-refractivity contribution in [3.8, 4) is 0 Å². The average molecular weight is 349 g/mol. The number of benzene rings is 2. The normalized spacial score (nSPS) is 26.6. The molecule has 1 aromatic heterocycles. The molecule has 2 N–H and O–H groups in total. The van der Waals surface area contributed by atoms with Gasteiger partial charge < -0.3 is 19.6 Å². The lowest BCUT2D eigenvalue weighted by atomic mass is 9.82. The third kappa shape index (κ3) is 2.16. The molecule has 3 aromatic rings. The highest BCUT2D eigenvalue weighted by atomic mass is 16.5. The van der Waals surface area contributed by atoms with E-state index in [9.17, 15) is 14.7 Å². The summed E-state index contributed by atoms with van der Waals surface area (Å²) < 4.78 is 11.4. The molecule has 2 aliphatic rings. The Morgan fingerprint density at radius 2 is 1.65 bits per heavy atom. The molecule has 6 nitrogen and oxygen atoms in total. The predicted octanol–water partition coefficient (Wildman–Crippen LogP) is 3.18. The number of carbonyl (C=O) groups excluding carboxylic acids is 1. The minimum Gasteiger partial charge on any atom is -0.481 e. The van der Waals surface area contributed by atoms with E-state index in [2.05, 4.69) is 5.32 Å². The van der Waals surface area contributed by atoms with Crippen LogP contribution in [0, 0.1) is 11.8 Å². The van der Waals surface area contributed by atoms with Crippen LogP contribution in [0.25, 0.3) is 21.9 Å². The predicted molar refractivity (Wildman–Crippen MR) is 94.8 cm³/mol. The minimum absolute atomic E-state index is 0.357. The van der Waals surface area contributed by atoms with Crippen molar-refractivity contribution in [2.24, 2.45) is 11.8 Å². The highest BCUT2D eigenvalue weighted by molar-refractivity contribution is 6.06. The van der Waals surface area contributed by atoms with Gasteiger partial charge in [-0.15, -0.1) is 0 Å². The summed E-state index contributed by atoms with van der Waals surface area (Å²) in [6.45, 7) is 0. The minimum atomic E-state index is -1.02. The lowest BCUT2D eigenvalue weighted by molar-refractivity contribution is -0.145. The summed E-state index contributed by atoms with van der Waals surface area (Å²) in [5.41, 5.74) is 2.02. The smallest absolute Gasteiger partial charge is 0.310 e. The molecular weight excluding hydrogens is 334 g/mol. The van der Waals surface area contributed by atoms with Gasteiger partial charge >= 0.3 is 5.97 Å². The van der Waals surface area contributed by atoms with Gasteiger partial charge in [0.15, 0.2) is 0 Å². The zero-order valence-corrected chi connectivity index (χ0v) is 13.6. The molecule has 0 radical (unpaired) electrons. The van der Waals surface area contributed by atoms with Crippen LogP contribution in [0.1, 0.15) is 0 Å². The van der Waals surface area contributed by atoms with Crippen LogP contribution in [0.2, 0.25) is 0 Å². The van der Waals surface area contributed by atoms with Crippen molar-refractivity contribution in [1.29, 1.82) is 0 Å². The van der Waals surface area contributed by atoms with E-state index in [1.54, 1.807) is 24.3 Å². The van der Waals surface area contributed by atoms with Crippen molar-refractivity contribution in [2.75, 3.05) is 5.32 Å². The van der Waals surface area contributed by atoms with Crippen LogP contribution in [-0.4, -0.2) is 29.2 Å². The molecule has 2 aromatic carbocycles. The van der Waals surface area contributed by atoms with Crippen LogP contribution in [-0.2, 0) is 14.3 Å². The number of fused-ring (bicyclic) bond motifs is 5. The van der Waals surface area contributed by atoms with Crippen LogP contribution in [0.5, 0.6) is 0 Å². The van der Waals surface area contributed by atoms with Crippen LogP contribution in [0.3, 0.4) is 0 Å². The summed E-state index contributed by atoms with van der Waals surface area (Å²) in [4.78, 5) is 24.2.